The van der Waals surface area contributed by atoms with Gasteiger partial charge in [-0.15, -0.1) is 11.8 Å². The lowest BCUT2D eigenvalue weighted by Crippen LogP contribution is -2.39. The number of carbonyl (C=O) groups excluding carboxylic acids is 1. The molecule has 1 aromatic rings. The molecule has 3 nitrogen and oxygen atoms in total. The Hall–Kier alpha value is -0.900. The molecule has 0 bridgehead atoms. The van der Waals surface area contributed by atoms with E-state index in [9.17, 15) is 4.79 Å². The van der Waals surface area contributed by atoms with Crippen LogP contribution in [0.4, 0.5) is 0 Å². The molecule has 1 aliphatic heterocycles. The van der Waals surface area contributed by atoms with E-state index in [2.05, 4.69) is 17.9 Å². The minimum absolute atomic E-state index is 0.285. The van der Waals surface area contributed by atoms with Crippen LogP contribution in [-0.4, -0.2) is 29.6 Å². The number of carbonyl (C=O) groups is 1. The molecule has 2 fully saturated rings. The monoisotopic (exact) mass is 349 g/mol. The smallest absolute Gasteiger partial charge is 0.225 e. The molecular formula is C20H31NO2S. The predicted octanol–water partition coefficient (Wildman–Crippen LogP) is 5.28. The molecule has 4 heteroatoms. The van der Waals surface area contributed by atoms with Crippen LogP contribution in [0.15, 0.2) is 22.8 Å². The Bertz CT molecular complexity index is 494. The lowest BCUT2D eigenvalue weighted by atomic mass is 9.79. The molecule has 134 valence electrons. The summed E-state index contributed by atoms with van der Waals surface area (Å²) in [6.07, 6.45) is 11.5. The van der Waals surface area contributed by atoms with Crippen molar-refractivity contribution < 1.29 is 9.21 Å². The largest absolute Gasteiger partial charge is 0.468 e. The molecule has 24 heavy (non-hydrogen) atoms. The Balaban J connectivity index is 1.47. The van der Waals surface area contributed by atoms with E-state index in [4.69, 9.17) is 4.42 Å². The summed E-state index contributed by atoms with van der Waals surface area (Å²) in [5.41, 5.74) is 0. The first-order valence-electron chi connectivity index (χ1n) is 9.71. The Kier molecular flexibility index (Phi) is 6.70. The van der Waals surface area contributed by atoms with Gasteiger partial charge in [-0.05, 0) is 50.2 Å². The second kappa shape index (κ2) is 8.98. The summed E-state index contributed by atoms with van der Waals surface area (Å²) in [5, 5.41) is 0.405. The topological polar surface area (TPSA) is 33.5 Å². The molecule has 1 saturated carbocycles. The van der Waals surface area contributed by atoms with E-state index in [-0.39, 0.29) is 5.92 Å². The minimum atomic E-state index is 0.285. The fraction of sp³-hybridized carbons (Fsp3) is 0.750. The number of rotatable bonds is 5. The van der Waals surface area contributed by atoms with Gasteiger partial charge in [-0.1, -0.05) is 26.2 Å². The van der Waals surface area contributed by atoms with Gasteiger partial charge in [0, 0.05) is 24.8 Å². The summed E-state index contributed by atoms with van der Waals surface area (Å²) in [5.74, 6) is 3.66. The average Bonchev–Trinajstić information content (AvgIpc) is 3.04. The first kappa shape index (κ1) is 17.9. The van der Waals surface area contributed by atoms with Crippen molar-refractivity contribution in [3.63, 3.8) is 0 Å². The highest BCUT2D eigenvalue weighted by atomic mass is 32.2. The summed E-state index contributed by atoms with van der Waals surface area (Å²) in [4.78, 5) is 15.0. The van der Waals surface area contributed by atoms with Crippen LogP contribution >= 0.6 is 11.8 Å². The first-order chi connectivity index (χ1) is 11.8. The lowest BCUT2D eigenvalue weighted by Gasteiger charge is -2.31. The third-order valence-electron chi connectivity index (χ3n) is 5.68. The average molecular weight is 350 g/mol. The van der Waals surface area contributed by atoms with Crippen LogP contribution in [-0.2, 0) is 4.79 Å². The minimum Gasteiger partial charge on any atom is -0.468 e. The Morgan fingerprint density at radius 1 is 1.25 bits per heavy atom. The maximum absolute atomic E-state index is 12.9. The van der Waals surface area contributed by atoms with E-state index in [0.29, 0.717) is 11.2 Å². The maximum Gasteiger partial charge on any atom is 0.225 e. The van der Waals surface area contributed by atoms with Crippen molar-refractivity contribution >= 4 is 17.7 Å². The van der Waals surface area contributed by atoms with E-state index in [1.165, 1.54) is 32.1 Å². The normalized spacial score (nSPS) is 28.5. The van der Waals surface area contributed by atoms with E-state index >= 15 is 0 Å². The zero-order valence-electron chi connectivity index (χ0n) is 14.9. The molecule has 1 saturated heterocycles. The van der Waals surface area contributed by atoms with Gasteiger partial charge in [-0.25, -0.2) is 0 Å². The molecule has 1 aromatic heterocycles. The van der Waals surface area contributed by atoms with Crippen molar-refractivity contribution in [2.24, 2.45) is 11.8 Å². The molecule has 1 unspecified atom stereocenters. The van der Waals surface area contributed by atoms with Gasteiger partial charge in [0.2, 0.25) is 5.91 Å². The van der Waals surface area contributed by atoms with Gasteiger partial charge in [0.1, 0.15) is 5.76 Å². The maximum atomic E-state index is 12.9. The fourth-order valence-electron chi connectivity index (χ4n) is 4.14. The highest BCUT2D eigenvalue weighted by Crippen LogP contribution is 2.36. The Morgan fingerprint density at radius 3 is 2.79 bits per heavy atom. The molecule has 0 N–H and O–H groups in total. The van der Waals surface area contributed by atoms with Gasteiger partial charge in [0.25, 0.3) is 0 Å². The van der Waals surface area contributed by atoms with Crippen molar-refractivity contribution in [3.05, 3.63) is 24.2 Å². The van der Waals surface area contributed by atoms with Gasteiger partial charge in [0.05, 0.1) is 11.5 Å². The van der Waals surface area contributed by atoms with Crippen LogP contribution in [0.25, 0.3) is 0 Å². The van der Waals surface area contributed by atoms with Crippen molar-refractivity contribution in [2.75, 3.05) is 18.8 Å². The third-order valence-corrected chi connectivity index (χ3v) is 6.96. The number of amides is 1. The molecule has 0 spiro atoms. The molecule has 0 radical (unpaired) electrons. The van der Waals surface area contributed by atoms with Crippen molar-refractivity contribution in [3.8, 4) is 0 Å². The summed E-state index contributed by atoms with van der Waals surface area (Å²) >= 11 is 1.93. The first-order valence-corrected chi connectivity index (χ1v) is 10.8. The molecule has 3 rings (SSSR count). The SMILES string of the molecule is CCCCC1CCC(C(=O)N2CCSC(c3ccco3)CC2)CC1. The van der Waals surface area contributed by atoms with E-state index < -0.39 is 0 Å². The molecule has 1 amide bonds. The molecule has 1 aliphatic carbocycles. The van der Waals surface area contributed by atoms with Crippen LogP contribution in [0.1, 0.15) is 69.3 Å². The van der Waals surface area contributed by atoms with Gasteiger partial charge < -0.3 is 9.32 Å². The lowest BCUT2D eigenvalue weighted by molar-refractivity contribution is -0.136. The standard InChI is InChI=1S/C20H31NO2S/c1-2-3-5-16-7-9-17(10-8-16)20(22)21-12-11-19(24-15-13-21)18-6-4-14-23-18/h4,6,14,16-17,19H,2-3,5,7-13,15H2,1H3. The third kappa shape index (κ3) is 4.59. The van der Waals surface area contributed by atoms with Crippen LogP contribution in [0.2, 0.25) is 0 Å². The highest BCUT2D eigenvalue weighted by Gasteiger charge is 2.31. The van der Waals surface area contributed by atoms with E-state index in [1.807, 2.05) is 17.8 Å². The summed E-state index contributed by atoms with van der Waals surface area (Å²) in [6.45, 7) is 4.05. The van der Waals surface area contributed by atoms with Crippen LogP contribution < -0.4 is 0 Å². The van der Waals surface area contributed by atoms with Crippen molar-refractivity contribution in [1.82, 2.24) is 4.90 Å². The van der Waals surface area contributed by atoms with Crippen molar-refractivity contribution in [2.45, 2.75) is 63.5 Å². The number of thioether (sulfide) groups is 1. The number of furan rings is 1. The molecule has 2 heterocycles. The number of nitrogens with zero attached hydrogens (tertiary/aromatic N) is 1. The fourth-order valence-corrected chi connectivity index (χ4v) is 5.32. The van der Waals surface area contributed by atoms with Crippen LogP contribution in [0.3, 0.4) is 0 Å². The van der Waals surface area contributed by atoms with Crippen molar-refractivity contribution in [1.29, 1.82) is 0 Å². The van der Waals surface area contributed by atoms with E-state index in [1.54, 1.807) is 6.26 Å². The molecule has 1 atom stereocenters. The van der Waals surface area contributed by atoms with Crippen LogP contribution in [0.5, 0.6) is 0 Å². The second-order valence-electron chi connectivity index (χ2n) is 7.35. The number of hydrogen-bond acceptors (Lipinski definition) is 3. The predicted molar refractivity (Wildman–Crippen MR) is 100 cm³/mol. The van der Waals surface area contributed by atoms with E-state index in [0.717, 1.165) is 49.8 Å². The highest BCUT2D eigenvalue weighted by molar-refractivity contribution is 7.99. The summed E-state index contributed by atoms with van der Waals surface area (Å²) < 4.78 is 5.56. The summed E-state index contributed by atoms with van der Waals surface area (Å²) in [7, 11) is 0. The number of hydrogen-bond donors (Lipinski definition) is 0. The molecular weight excluding hydrogens is 318 g/mol. The number of unbranched alkanes of at least 4 members (excludes halogenated alkanes) is 1. The van der Waals surface area contributed by atoms with Gasteiger partial charge in [-0.2, -0.15) is 0 Å². The summed E-state index contributed by atoms with van der Waals surface area (Å²) in [6, 6.07) is 4.02. The second-order valence-corrected chi connectivity index (χ2v) is 8.66. The Morgan fingerprint density at radius 2 is 2.08 bits per heavy atom. The molecule has 0 aromatic carbocycles. The molecule has 2 aliphatic rings. The van der Waals surface area contributed by atoms with Gasteiger partial charge in [0.15, 0.2) is 0 Å². The quantitative estimate of drug-likeness (QED) is 0.725. The Labute approximate surface area is 150 Å². The van der Waals surface area contributed by atoms with Crippen LogP contribution in [0, 0.1) is 11.8 Å². The zero-order chi connectivity index (χ0) is 16.8. The zero-order valence-corrected chi connectivity index (χ0v) is 15.7. The van der Waals surface area contributed by atoms with Gasteiger partial charge >= 0.3 is 0 Å². The van der Waals surface area contributed by atoms with Gasteiger partial charge in [-0.3, -0.25) is 4.79 Å².